The summed E-state index contributed by atoms with van der Waals surface area (Å²) in [5.41, 5.74) is 0.398. The first-order chi connectivity index (χ1) is 12.0. The van der Waals surface area contributed by atoms with Crippen LogP contribution in [0.1, 0.15) is 11.7 Å². The maximum atomic E-state index is 13.8. The molecule has 128 valence electrons. The summed E-state index contributed by atoms with van der Waals surface area (Å²) in [6, 6.07) is 8.64. The van der Waals surface area contributed by atoms with Crippen molar-refractivity contribution in [2.24, 2.45) is 0 Å². The maximum Gasteiger partial charge on any atom is 0.269 e. The van der Waals surface area contributed by atoms with E-state index in [1.54, 1.807) is 10.8 Å². The van der Waals surface area contributed by atoms with Gasteiger partial charge in [-0.1, -0.05) is 0 Å². The minimum Gasteiger partial charge on any atom is -0.386 e. The number of imidazole rings is 1. The number of rotatable bonds is 5. The van der Waals surface area contributed by atoms with Crippen LogP contribution in [0.4, 0.5) is 14.5 Å². The van der Waals surface area contributed by atoms with Crippen LogP contribution in [0.3, 0.4) is 0 Å². The Bertz CT molecular complexity index is 910. The number of nitro benzene ring substituents is 1. The highest BCUT2D eigenvalue weighted by atomic mass is 19.1. The van der Waals surface area contributed by atoms with Crippen molar-refractivity contribution in [3.8, 4) is 11.4 Å². The summed E-state index contributed by atoms with van der Waals surface area (Å²) in [7, 11) is 0. The topological polar surface area (TPSA) is 81.2 Å². The van der Waals surface area contributed by atoms with E-state index < -0.39 is 22.7 Å². The zero-order valence-electron chi connectivity index (χ0n) is 12.8. The first kappa shape index (κ1) is 16.7. The van der Waals surface area contributed by atoms with Crippen molar-refractivity contribution >= 4 is 5.69 Å². The second kappa shape index (κ2) is 6.78. The molecular formula is C17H13F2N3O3. The number of hydrogen-bond donors (Lipinski definition) is 1. The molecule has 0 saturated heterocycles. The van der Waals surface area contributed by atoms with E-state index in [1.165, 1.54) is 30.5 Å². The number of hydrogen-bond acceptors (Lipinski definition) is 4. The number of aliphatic hydroxyl groups excluding tert-OH is 1. The van der Waals surface area contributed by atoms with Gasteiger partial charge in [0.05, 0.1) is 17.6 Å². The van der Waals surface area contributed by atoms with Crippen LogP contribution in [-0.4, -0.2) is 19.6 Å². The Morgan fingerprint density at radius 2 is 1.92 bits per heavy atom. The molecule has 0 bridgehead atoms. The summed E-state index contributed by atoms with van der Waals surface area (Å²) >= 11 is 0. The number of nitrogens with zero attached hydrogens (tertiary/aromatic N) is 3. The molecule has 1 aromatic heterocycles. The molecule has 6 nitrogen and oxygen atoms in total. The quantitative estimate of drug-likeness (QED) is 0.567. The highest BCUT2D eigenvalue weighted by Crippen LogP contribution is 2.25. The molecule has 0 radical (unpaired) electrons. The van der Waals surface area contributed by atoms with Crippen molar-refractivity contribution in [1.82, 2.24) is 9.55 Å². The zero-order chi connectivity index (χ0) is 18.0. The first-order valence-electron chi connectivity index (χ1n) is 7.34. The molecule has 2 aromatic carbocycles. The normalized spacial score (nSPS) is 12.1. The largest absolute Gasteiger partial charge is 0.386 e. The van der Waals surface area contributed by atoms with E-state index in [0.717, 1.165) is 18.2 Å². The van der Waals surface area contributed by atoms with E-state index in [2.05, 4.69) is 4.98 Å². The van der Waals surface area contributed by atoms with Crippen LogP contribution < -0.4 is 0 Å². The molecule has 0 amide bonds. The van der Waals surface area contributed by atoms with Crippen LogP contribution in [-0.2, 0) is 6.54 Å². The van der Waals surface area contributed by atoms with Crippen molar-refractivity contribution in [1.29, 1.82) is 0 Å². The third kappa shape index (κ3) is 3.53. The molecule has 0 aliphatic heterocycles. The van der Waals surface area contributed by atoms with Crippen LogP contribution in [0.2, 0.25) is 0 Å². The van der Waals surface area contributed by atoms with E-state index in [0.29, 0.717) is 11.4 Å². The lowest BCUT2D eigenvalue weighted by molar-refractivity contribution is -0.384. The fourth-order valence-corrected chi connectivity index (χ4v) is 2.50. The number of non-ortho nitro benzene ring substituents is 1. The summed E-state index contributed by atoms with van der Waals surface area (Å²) in [4.78, 5) is 14.4. The molecule has 0 aliphatic carbocycles. The lowest BCUT2D eigenvalue weighted by atomic mass is 10.1. The molecular weight excluding hydrogens is 332 g/mol. The van der Waals surface area contributed by atoms with Gasteiger partial charge in [0, 0.05) is 35.7 Å². The van der Waals surface area contributed by atoms with Crippen LogP contribution in [0.15, 0.2) is 54.9 Å². The number of nitro groups is 1. The minimum atomic E-state index is -1.28. The van der Waals surface area contributed by atoms with Gasteiger partial charge in [-0.15, -0.1) is 0 Å². The number of benzene rings is 2. The van der Waals surface area contributed by atoms with Crippen LogP contribution in [0, 0.1) is 21.7 Å². The van der Waals surface area contributed by atoms with Gasteiger partial charge < -0.3 is 9.67 Å². The summed E-state index contributed by atoms with van der Waals surface area (Å²) < 4.78 is 28.6. The summed E-state index contributed by atoms with van der Waals surface area (Å²) in [5.74, 6) is -0.895. The number of aromatic nitrogens is 2. The monoisotopic (exact) mass is 345 g/mol. The van der Waals surface area contributed by atoms with E-state index in [-0.39, 0.29) is 17.8 Å². The predicted molar refractivity (Wildman–Crippen MR) is 85.6 cm³/mol. The standard InChI is InChI=1S/C17H13F2N3O3/c18-12-3-6-15(19)14(9-12)16(23)10-21-8-7-20-17(21)11-1-4-13(5-2-11)22(24)25/h1-9,16,23H,10H2. The SMILES string of the molecule is O=[N+]([O-])c1ccc(-c2nccn2CC(O)c2cc(F)ccc2F)cc1. The predicted octanol–water partition coefficient (Wildman–Crippen LogP) is 3.47. The Balaban J connectivity index is 1.86. The average Bonchev–Trinajstić information content (AvgIpc) is 3.05. The van der Waals surface area contributed by atoms with Gasteiger partial charge in [-0.3, -0.25) is 10.1 Å². The molecule has 1 heterocycles. The van der Waals surface area contributed by atoms with Gasteiger partial charge >= 0.3 is 0 Å². The lowest BCUT2D eigenvalue weighted by Gasteiger charge is -2.15. The van der Waals surface area contributed by atoms with E-state index in [1.807, 2.05) is 0 Å². The van der Waals surface area contributed by atoms with Crippen LogP contribution in [0.25, 0.3) is 11.4 Å². The number of halogens is 2. The molecule has 1 unspecified atom stereocenters. The Morgan fingerprint density at radius 3 is 2.60 bits per heavy atom. The van der Waals surface area contributed by atoms with E-state index in [4.69, 9.17) is 0 Å². The van der Waals surface area contributed by atoms with Crippen molar-refractivity contribution in [3.63, 3.8) is 0 Å². The third-order valence-corrected chi connectivity index (χ3v) is 3.74. The fraction of sp³-hybridized carbons (Fsp3) is 0.118. The highest BCUT2D eigenvalue weighted by Gasteiger charge is 2.17. The van der Waals surface area contributed by atoms with Gasteiger partial charge in [0.15, 0.2) is 0 Å². The van der Waals surface area contributed by atoms with Gasteiger partial charge in [-0.05, 0) is 30.3 Å². The zero-order valence-corrected chi connectivity index (χ0v) is 12.8. The molecule has 25 heavy (non-hydrogen) atoms. The van der Waals surface area contributed by atoms with Crippen molar-refractivity contribution in [2.45, 2.75) is 12.6 Å². The third-order valence-electron chi connectivity index (χ3n) is 3.74. The average molecular weight is 345 g/mol. The lowest BCUT2D eigenvalue weighted by Crippen LogP contribution is -2.11. The molecule has 1 atom stereocenters. The Morgan fingerprint density at radius 1 is 1.20 bits per heavy atom. The molecule has 1 N–H and O–H groups in total. The molecule has 3 aromatic rings. The Hall–Kier alpha value is -3.13. The number of aliphatic hydroxyl groups is 1. The van der Waals surface area contributed by atoms with Gasteiger partial charge in [0.1, 0.15) is 17.5 Å². The van der Waals surface area contributed by atoms with Crippen molar-refractivity contribution in [3.05, 3.63) is 82.2 Å². The van der Waals surface area contributed by atoms with Crippen LogP contribution in [0.5, 0.6) is 0 Å². The molecule has 0 saturated carbocycles. The molecule has 3 rings (SSSR count). The van der Waals surface area contributed by atoms with Gasteiger partial charge in [0.2, 0.25) is 0 Å². The fourth-order valence-electron chi connectivity index (χ4n) is 2.50. The van der Waals surface area contributed by atoms with E-state index >= 15 is 0 Å². The van der Waals surface area contributed by atoms with Crippen molar-refractivity contribution in [2.75, 3.05) is 0 Å². The summed E-state index contributed by atoms with van der Waals surface area (Å²) in [5, 5.41) is 21.0. The molecule has 0 spiro atoms. The first-order valence-corrected chi connectivity index (χ1v) is 7.34. The van der Waals surface area contributed by atoms with Crippen LogP contribution >= 0.6 is 0 Å². The van der Waals surface area contributed by atoms with E-state index in [9.17, 15) is 24.0 Å². The summed E-state index contributed by atoms with van der Waals surface area (Å²) in [6.07, 6.45) is 1.80. The second-order valence-electron chi connectivity index (χ2n) is 5.39. The Kier molecular flexibility index (Phi) is 4.53. The Labute approximate surface area is 141 Å². The molecule has 0 aliphatic rings. The van der Waals surface area contributed by atoms with Gasteiger partial charge in [-0.2, -0.15) is 0 Å². The maximum absolute atomic E-state index is 13.8. The highest BCUT2D eigenvalue weighted by molar-refractivity contribution is 5.57. The van der Waals surface area contributed by atoms with Gasteiger partial charge in [-0.25, -0.2) is 13.8 Å². The van der Waals surface area contributed by atoms with Gasteiger partial charge in [0.25, 0.3) is 5.69 Å². The van der Waals surface area contributed by atoms with Crippen molar-refractivity contribution < 1.29 is 18.8 Å². The second-order valence-corrected chi connectivity index (χ2v) is 5.39. The minimum absolute atomic E-state index is 0.0489. The molecule has 0 fully saturated rings. The molecule has 8 heteroatoms. The summed E-state index contributed by atoms with van der Waals surface area (Å²) in [6.45, 7) is -0.0489. The smallest absolute Gasteiger partial charge is 0.269 e.